The summed E-state index contributed by atoms with van der Waals surface area (Å²) in [6, 6.07) is 55.9. The molecule has 0 fully saturated rings. The van der Waals surface area contributed by atoms with Crippen LogP contribution in [0.5, 0.6) is 0 Å². The molecule has 56 heavy (non-hydrogen) atoms. The first-order valence-electron chi connectivity index (χ1n) is 19.0. The Balaban J connectivity index is 1.00. The summed E-state index contributed by atoms with van der Waals surface area (Å²) >= 11 is 1.85. The van der Waals surface area contributed by atoms with E-state index in [0.717, 1.165) is 57.0 Å². The van der Waals surface area contributed by atoms with Crippen molar-refractivity contribution in [1.29, 1.82) is 0 Å². The summed E-state index contributed by atoms with van der Waals surface area (Å²) in [6.07, 6.45) is 8.50. The molecule has 0 saturated heterocycles. The van der Waals surface area contributed by atoms with Gasteiger partial charge in [0.25, 0.3) is 0 Å². The molecule has 10 aromatic rings. The second kappa shape index (κ2) is 13.4. The molecule has 0 radical (unpaired) electrons. The van der Waals surface area contributed by atoms with Crippen LogP contribution in [0.2, 0.25) is 0 Å². The van der Waals surface area contributed by atoms with Gasteiger partial charge in [-0.3, -0.25) is 0 Å². The van der Waals surface area contributed by atoms with Crippen LogP contribution in [0.15, 0.2) is 180 Å². The smallest absolute Gasteiger partial charge is 0.167 e. The second-order valence-electron chi connectivity index (χ2n) is 14.2. The highest BCUT2D eigenvalue weighted by molar-refractivity contribution is 7.26. The summed E-state index contributed by atoms with van der Waals surface area (Å²) in [5, 5.41) is 4.67. The van der Waals surface area contributed by atoms with Crippen molar-refractivity contribution >= 4 is 59.0 Å². The van der Waals surface area contributed by atoms with E-state index < -0.39 is 0 Å². The van der Waals surface area contributed by atoms with E-state index in [1.807, 2.05) is 35.6 Å². The molecular formula is C51H33N3OS. The minimum absolute atomic E-state index is 0.596. The van der Waals surface area contributed by atoms with Gasteiger partial charge < -0.3 is 4.42 Å². The third-order valence-corrected chi connectivity index (χ3v) is 11.9. The van der Waals surface area contributed by atoms with Crippen LogP contribution in [0.3, 0.4) is 0 Å². The van der Waals surface area contributed by atoms with Gasteiger partial charge in [0.1, 0.15) is 11.2 Å². The molecule has 0 N–H and O–H groups in total. The Morgan fingerprint density at radius 2 is 1.12 bits per heavy atom. The van der Waals surface area contributed by atoms with Crippen molar-refractivity contribution in [2.45, 2.75) is 12.8 Å². The van der Waals surface area contributed by atoms with Gasteiger partial charge in [0.2, 0.25) is 0 Å². The molecule has 0 spiro atoms. The van der Waals surface area contributed by atoms with Gasteiger partial charge >= 0.3 is 0 Å². The second-order valence-corrected chi connectivity index (χ2v) is 15.3. The molecular weight excluding hydrogens is 703 g/mol. The maximum absolute atomic E-state index is 6.42. The summed E-state index contributed by atoms with van der Waals surface area (Å²) in [6.45, 7) is 0. The minimum Gasteiger partial charge on any atom is -0.455 e. The SMILES string of the molecule is C1=CC(c2nc(-c3ccc(-c4cccc5sc6ccc(-c7cccc(-c8ccccc8)c7)cc6c45)cc3)nc(-c3cccc4c3oc3ccccc34)n2)=CCC1. The molecule has 4 nitrogen and oxygen atoms in total. The number of fused-ring (bicyclic) bond motifs is 6. The zero-order chi connectivity index (χ0) is 37.0. The molecule has 5 heteroatoms. The fraction of sp³-hybridized carbons (Fsp3) is 0.0392. The lowest BCUT2D eigenvalue weighted by Gasteiger charge is -2.11. The first-order valence-corrected chi connectivity index (χ1v) is 19.8. The Hall–Kier alpha value is -6.95. The van der Waals surface area contributed by atoms with E-state index in [-0.39, 0.29) is 0 Å². The molecule has 3 heterocycles. The van der Waals surface area contributed by atoms with Crippen molar-refractivity contribution in [2.75, 3.05) is 0 Å². The van der Waals surface area contributed by atoms with Crippen molar-refractivity contribution in [1.82, 2.24) is 15.0 Å². The lowest BCUT2D eigenvalue weighted by Crippen LogP contribution is -2.03. The van der Waals surface area contributed by atoms with Crippen molar-refractivity contribution in [3.05, 3.63) is 182 Å². The topological polar surface area (TPSA) is 51.8 Å². The first kappa shape index (κ1) is 32.5. The molecule has 0 aliphatic heterocycles. The lowest BCUT2D eigenvalue weighted by molar-refractivity contribution is 0.669. The van der Waals surface area contributed by atoms with Crippen LogP contribution in [0.4, 0.5) is 0 Å². The highest BCUT2D eigenvalue weighted by Crippen LogP contribution is 2.42. The van der Waals surface area contributed by atoms with Crippen molar-refractivity contribution in [3.8, 4) is 56.2 Å². The van der Waals surface area contributed by atoms with E-state index in [9.17, 15) is 0 Å². The Labute approximate surface area is 327 Å². The molecule has 0 unspecified atom stereocenters. The van der Waals surface area contributed by atoms with Crippen LogP contribution in [0.25, 0.3) is 104 Å². The highest BCUT2D eigenvalue weighted by Gasteiger charge is 2.19. The molecule has 1 aliphatic rings. The van der Waals surface area contributed by atoms with Crippen molar-refractivity contribution in [2.24, 2.45) is 0 Å². The zero-order valence-corrected chi connectivity index (χ0v) is 31.1. The third kappa shape index (κ3) is 5.64. The quantitative estimate of drug-likeness (QED) is 0.171. The fourth-order valence-electron chi connectivity index (χ4n) is 8.01. The monoisotopic (exact) mass is 735 g/mol. The minimum atomic E-state index is 0.596. The number of para-hydroxylation sites is 2. The summed E-state index contributed by atoms with van der Waals surface area (Å²) < 4.78 is 8.98. The van der Waals surface area contributed by atoms with Gasteiger partial charge in [-0.15, -0.1) is 11.3 Å². The average Bonchev–Trinajstić information content (AvgIpc) is 3.85. The van der Waals surface area contributed by atoms with Crippen LogP contribution < -0.4 is 0 Å². The van der Waals surface area contributed by atoms with Gasteiger partial charge in [-0.2, -0.15) is 0 Å². The molecule has 1 aliphatic carbocycles. The van der Waals surface area contributed by atoms with Crippen LogP contribution in [-0.2, 0) is 0 Å². The molecule has 0 saturated carbocycles. The number of thiophene rings is 1. The molecule has 11 rings (SSSR count). The van der Waals surface area contributed by atoms with Gasteiger partial charge in [-0.25, -0.2) is 15.0 Å². The van der Waals surface area contributed by atoms with Gasteiger partial charge in [0, 0.05) is 42.1 Å². The van der Waals surface area contributed by atoms with Gasteiger partial charge in [-0.1, -0.05) is 140 Å². The molecule has 0 amide bonds. The van der Waals surface area contributed by atoms with Gasteiger partial charge in [0.05, 0.1) is 5.56 Å². The van der Waals surface area contributed by atoms with Crippen LogP contribution in [0, 0.1) is 0 Å². The van der Waals surface area contributed by atoms with Crippen LogP contribution in [-0.4, -0.2) is 15.0 Å². The van der Waals surface area contributed by atoms with E-state index in [0.29, 0.717) is 17.5 Å². The van der Waals surface area contributed by atoms with Gasteiger partial charge in [0.15, 0.2) is 17.5 Å². The molecule has 264 valence electrons. The number of rotatable bonds is 6. The zero-order valence-electron chi connectivity index (χ0n) is 30.3. The number of hydrogen-bond donors (Lipinski definition) is 0. The number of hydrogen-bond acceptors (Lipinski definition) is 5. The summed E-state index contributed by atoms with van der Waals surface area (Å²) in [7, 11) is 0. The normalized spacial score (nSPS) is 12.9. The number of furan rings is 1. The van der Waals surface area contributed by atoms with E-state index in [1.54, 1.807) is 0 Å². The summed E-state index contributed by atoms with van der Waals surface area (Å²) in [5.74, 6) is 1.89. The summed E-state index contributed by atoms with van der Waals surface area (Å²) in [5.41, 5.74) is 11.6. The largest absolute Gasteiger partial charge is 0.455 e. The maximum atomic E-state index is 6.42. The number of allylic oxidation sites excluding steroid dienone is 4. The Morgan fingerprint density at radius 3 is 2.00 bits per heavy atom. The predicted octanol–water partition coefficient (Wildman–Crippen LogP) is 14.2. The number of benzene rings is 7. The maximum Gasteiger partial charge on any atom is 0.167 e. The molecule has 0 bridgehead atoms. The van der Waals surface area contributed by atoms with Crippen LogP contribution >= 0.6 is 11.3 Å². The predicted molar refractivity (Wildman–Crippen MR) is 234 cm³/mol. The molecule has 3 aromatic heterocycles. The highest BCUT2D eigenvalue weighted by atomic mass is 32.1. The number of aromatic nitrogens is 3. The molecule has 0 atom stereocenters. The lowest BCUT2D eigenvalue weighted by atomic mass is 9.95. The van der Waals surface area contributed by atoms with Crippen molar-refractivity contribution < 1.29 is 4.42 Å². The van der Waals surface area contributed by atoms with E-state index in [2.05, 4.69) is 152 Å². The Bertz CT molecular complexity index is 3190. The van der Waals surface area contributed by atoms with Crippen LogP contribution in [0.1, 0.15) is 18.7 Å². The Morgan fingerprint density at radius 1 is 0.446 bits per heavy atom. The van der Waals surface area contributed by atoms with Gasteiger partial charge in [-0.05, 0) is 82.6 Å². The fourth-order valence-corrected chi connectivity index (χ4v) is 9.12. The van der Waals surface area contributed by atoms with E-state index in [4.69, 9.17) is 19.4 Å². The van der Waals surface area contributed by atoms with E-state index >= 15 is 0 Å². The standard InChI is InChI=1S/C51H33N3OS/c1-3-12-32(13-4-1)36-16-9-17-37(30-36)38-28-29-45-43(31-38)47-39(19-11-23-46(47)56-45)33-24-26-35(27-25-33)50-52-49(34-14-5-2-6-15-34)53-51(54-50)42-21-10-20-41-40-18-7-8-22-44(40)55-48(41)42/h1,3-5,7-31H,2,6H2. The number of nitrogens with zero attached hydrogens (tertiary/aromatic N) is 3. The van der Waals surface area contributed by atoms with Crippen molar-refractivity contribution in [3.63, 3.8) is 0 Å². The molecule has 7 aromatic carbocycles. The Kier molecular flexibility index (Phi) is 7.78. The van der Waals surface area contributed by atoms with E-state index in [1.165, 1.54) is 48.0 Å². The third-order valence-electron chi connectivity index (χ3n) is 10.8. The first-order chi connectivity index (χ1) is 27.7. The average molecular weight is 736 g/mol. The summed E-state index contributed by atoms with van der Waals surface area (Å²) in [4.78, 5) is 15.2.